The number of rotatable bonds is 7. The molecule has 1 aliphatic carbocycles. The summed E-state index contributed by atoms with van der Waals surface area (Å²) < 4.78 is 10.9. The van der Waals surface area contributed by atoms with E-state index in [0.29, 0.717) is 17.9 Å². The number of hydrogen-bond acceptors (Lipinski definition) is 7. The number of nitrogens with zero attached hydrogens (tertiary/aromatic N) is 3. The zero-order valence-electron chi connectivity index (χ0n) is 13.4. The van der Waals surface area contributed by atoms with Crippen molar-refractivity contribution in [2.75, 3.05) is 30.9 Å². The molecule has 0 amide bonds. The molecule has 0 bridgehead atoms. The van der Waals surface area contributed by atoms with E-state index < -0.39 is 0 Å². The van der Waals surface area contributed by atoms with Crippen molar-refractivity contribution in [3.63, 3.8) is 0 Å². The van der Waals surface area contributed by atoms with Crippen LogP contribution in [-0.4, -0.2) is 47.4 Å². The van der Waals surface area contributed by atoms with Crippen LogP contribution in [0.4, 0.5) is 11.9 Å². The molecule has 1 saturated carbocycles. The Bertz CT molecular complexity index is 480. The molecule has 0 saturated heterocycles. The van der Waals surface area contributed by atoms with Crippen molar-refractivity contribution >= 4 is 11.9 Å². The lowest BCUT2D eigenvalue weighted by Crippen LogP contribution is -2.58. The van der Waals surface area contributed by atoms with Gasteiger partial charge in [0.25, 0.3) is 0 Å². The predicted molar refractivity (Wildman–Crippen MR) is 81.8 cm³/mol. The fourth-order valence-corrected chi connectivity index (χ4v) is 2.52. The molecule has 2 unspecified atom stereocenters. The Labute approximate surface area is 125 Å². The summed E-state index contributed by atoms with van der Waals surface area (Å²) in [6.07, 6.45) is 1.22. The molecule has 0 aliphatic heterocycles. The van der Waals surface area contributed by atoms with Crippen LogP contribution in [0.15, 0.2) is 0 Å². The first-order chi connectivity index (χ1) is 10.0. The lowest BCUT2D eigenvalue weighted by Gasteiger charge is -2.51. The first-order valence-electron chi connectivity index (χ1n) is 7.43. The van der Waals surface area contributed by atoms with Crippen LogP contribution in [0.1, 0.15) is 34.1 Å². The van der Waals surface area contributed by atoms with E-state index in [2.05, 4.69) is 39.4 Å². The van der Waals surface area contributed by atoms with Crippen LogP contribution in [-0.2, 0) is 4.74 Å². The predicted octanol–water partition coefficient (Wildman–Crippen LogP) is 1.93. The summed E-state index contributed by atoms with van der Waals surface area (Å²) in [5.41, 5.74) is 0.0498. The van der Waals surface area contributed by atoms with Crippen molar-refractivity contribution in [1.29, 1.82) is 0 Å². The van der Waals surface area contributed by atoms with E-state index in [0.717, 1.165) is 19.6 Å². The number of nitrogens with one attached hydrogen (secondary N) is 2. The third-order valence-corrected chi connectivity index (χ3v) is 3.98. The second-order valence-corrected chi connectivity index (χ2v) is 5.70. The average molecular weight is 295 g/mol. The van der Waals surface area contributed by atoms with Crippen LogP contribution in [0.5, 0.6) is 6.01 Å². The Kier molecular flexibility index (Phi) is 4.82. The van der Waals surface area contributed by atoms with Gasteiger partial charge in [-0.05, 0) is 20.3 Å². The topological polar surface area (TPSA) is 81.2 Å². The molecule has 0 spiro atoms. The van der Waals surface area contributed by atoms with Gasteiger partial charge in [-0.25, -0.2) is 0 Å². The van der Waals surface area contributed by atoms with Crippen molar-refractivity contribution in [3.05, 3.63) is 0 Å². The first-order valence-corrected chi connectivity index (χ1v) is 7.43. The third kappa shape index (κ3) is 3.34. The monoisotopic (exact) mass is 295 g/mol. The maximum atomic E-state index is 5.74. The van der Waals surface area contributed by atoms with Crippen molar-refractivity contribution in [3.8, 4) is 6.01 Å². The minimum absolute atomic E-state index is 0.0498. The molecule has 2 rings (SSSR count). The number of ether oxygens (including phenoxy) is 2. The molecule has 2 atom stereocenters. The summed E-state index contributed by atoms with van der Waals surface area (Å²) in [5, 5.41) is 6.44. The third-order valence-electron chi connectivity index (χ3n) is 3.98. The summed E-state index contributed by atoms with van der Waals surface area (Å²) in [6.45, 7) is 9.89. The summed E-state index contributed by atoms with van der Waals surface area (Å²) in [7, 11) is 1.55. The molecular weight excluding hydrogens is 270 g/mol. The molecule has 0 radical (unpaired) electrons. The van der Waals surface area contributed by atoms with Gasteiger partial charge >= 0.3 is 6.01 Å². The molecule has 2 N–H and O–H groups in total. The highest BCUT2D eigenvalue weighted by molar-refractivity contribution is 5.38. The van der Waals surface area contributed by atoms with Gasteiger partial charge in [0.2, 0.25) is 11.9 Å². The quantitative estimate of drug-likeness (QED) is 0.795. The minimum atomic E-state index is 0.0498. The zero-order valence-corrected chi connectivity index (χ0v) is 13.4. The van der Waals surface area contributed by atoms with Gasteiger partial charge in [0, 0.05) is 24.6 Å². The van der Waals surface area contributed by atoms with E-state index in [1.165, 1.54) is 0 Å². The molecule has 1 aromatic rings. The summed E-state index contributed by atoms with van der Waals surface area (Å²) >= 11 is 0. The highest BCUT2D eigenvalue weighted by Crippen LogP contribution is 2.44. The van der Waals surface area contributed by atoms with Crippen molar-refractivity contribution < 1.29 is 9.47 Å². The highest BCUT2D eigenvalue weighted by Gasteiger charge is 2.49. The van der Waals surface area contributed by atoms with Crippen LogP contribution in [0, 0.1) is 5.41 Å². The number of hydrogen-bond donors (Lipinski definition) is 2. The second kappa shape index (κ2) is 6.43. The van der Waals surface area contributed by atoms with Gasteiger partial charge in [-0.1, -0.05) is 13.8 Å². The van der Waals surface area contributed by atoms with Crippen LogP contribution < -0.4 is 15.4 Å². The molecule has 1 aliphatic rings. The summed E-state index contributed by atoms with van der Waals surface area (Å²) in [4.78, 5) is 12.8. The average Bonchev–Trinajstić information content (AvgIpc) is 2.46. The SMILES string of the molecule is CCNc1nc(NC2CC(OCC)C2(C)C)nc(OC)n1. The van der Waals surface area contributed by atoms with Crippen molar-refractivity contribution in [2.45, 2.75) is 46.3 Å². The second-order valence-electron chi connectivity index (χ2n) is 5.70. The summed E-state index contributed by atoms with van der Waals surface area (Å²) in [6, 6.07) is 0.581. The fourth-order valence-electron chi connectivity index (χ4n) is 2.52. The number of aromatic nitrogens is 3. The molecule has 7 nitrogen and oxygen atoms in total. The van der Waals surface area contributed by atoms with E-state index in [4.69, 9.17) is 9.47 Å². The zero-order chi connectivity index (χ0) is 15.5. The van der Waals surface area contributed by atoms with E-state index >= 15 is 0 Å². The van der Waals surface area contributed by atoms with Crippen LogP contribution in [0.3, 0.4) is 0 Å². The molecular formula is C14H25N5O2. The normalized spacial score (nSPS) is 23.3. The molecule has 1 aromatic heterocycles. The number of anilines is 2. The van der Waals surface area contributed by atoms with Gasteiger partial charge in [-0.15, -0.1) is 0 Å². The summed E-state index contributed by atoms with van der Waals surface area (Å²) in [5.74, 6) is 1.05. The molecule has 1 fully saturated rings. The van der Waals surface area contributed by atoms with Crippen LogP contribution in [0.25, 0.3) is 0 Å². The smallest absolute Gasteiger partial charge is 0.322 e. The number of methoxy groups -OCH3 is 1. The lowest BCUT2D eigenvalue weighted by molar-refractivity contribution is -0.0977. The van der Waals surface area contributed by atoms with Crippen molar-refractivity contribution in [1.82, 2.24) is 15.0 Å². The Balaban J connectivity index is 2.08. The highest BCUT2D eigenvalue weighted by atomic mass is 16.5. The van der Waals surface area contributed by atoms with Gasteiger partial charge in [0.15, 0.2) is 0 Å². The maximum Gasteiger partial charge on any atom is 0.322 e. The standard InChI is InChI=1S/C14H25N5O2/c1-6-15-11-17-12(19-13(18-11)20-5)16-9-8-10(21-7-2)14(9,3)4/h9-10H,6-8H2,1-5H3,(H2,15,16,17,18,19). The molecule has 118 valence electrons. The van der Waals surface area contributed by atoms with Gasteiger partial charge in [-0.3, -0.25) is 0 Å². The van der Waals surface area contributed by atoms with E-state index in [1.807, 2.05) is 13.8 Å². The van der Waals surface area contributed by atoms with Crippen LogP contribution >= 0.6 is 0 Å². The maximum absolute atomic E-state index is 5.74. The van der Waals surface area contributed by atoms with E-state index in [-0.39, 0.29) is 17.6 Å². The largest absolute Gasteiger partial charge is 0.467 e. The van der Waals surface area contributed by atoms with E-state index in [9.17, 15) is 0 Å². The minimum Gasteiger partial charge on any atom is -0.467 e. The van der Waals surface area contributed by atoms with Gasteiger partial charge in [0.1, 0.15) is 0 Å². The Hall–Kier alpha value is -1.63. The van der Waals surface area contributed by atoms with Gasteiger partial charge in [0.05, 0.1) is 13.2 Å². The fraction of sp³-hybridized carbons (Fsp3) is 0.786. The first kappa shape index (κ1) is 15.8. The molecule has 0 aromatic carbocycles. The van der Waals surface area contributed by atoms with E-state index in [1.54, 1.807) is 7.11 Å². The van der Waals surface area contributed by atoms with Crippen molar-refractivity contribution in [2.24, 2.45) is 5.41 Å². The lowest BCUT2D eigenvalue weighted by atomic mass is 9.64. The Morgan fingerprint density at radius 3 is 2.48 bits per heavy atom. The van der Waals surface area contributed by atoms with Gasteiger partial charge in [-0.2, -0.15) is 15.0 Å². The molecule has 7 heteroatoms. The Morgan fingerprint density at radius 2 is 1.90 bits per heavy atom. The van der Waals surface area contributed by atoms with Crippen LogP contribution in [0.2, 0.25) is 0 Å². The van der Waals surface area contributed by atoms with Gasteiger partial charge < -0.3 is 20.1 Å². The molecule has 1 heterocycles. The Morgan fingerprint density at radius 1 is 1.19 bits per heavy atom. The molecule has 21 heavy (non-hydrogen) atoms.